The molecule has 0 bridgehead atoms. The summed E-state index contributed by atoms with van der Waals surface area (Å²) in [5.74, 6) is 0.776. The van der Waals surface area contributed by atoms with Crippen LogP contribution in [0.3, 0.4) is 0 Å². The van der Waals surface area contributed by atoms with Crippen molar-refractivity contribution in [1.29, 1.82) is 0 Å². The number of carbonyl (C=O) groups excluding carboxylic acids is 1. The number of amides is 1. The minimum absolute atomic E-state index is 0.0767. The molecule has 2 aromatic carbocycles. The molecule has 0 saturated carbocycles. The molecule has 1 amide bonds. The molecule has 0 aliphatic carbocycles. The molecule has 0 radical (unpaired) electrons. The Hall–Kier alpha value is -2.24. The van der Waals surface area contributed by atoms with Crippen molar-refractivity contribution in [2.24, 2.45) is 0 Å². The summed E-state index contributed by atoms with van der Waals surface area (Å²) in [5.41, 5.74) is 2.96. The molecule has 2 aliphatic heterocycles. The van der Waals surface area contributed by atoms with Crippen LogP contribution in [-0.4, -0.2) is 44.6 Å². The van der Waals surface area contributed by atoms with E-state index in [1.54, 1.807) is 13.2 Å². The summed E-state index contributed by atoms with van der Waals surface area (Å²) in [5, 5.41) is 0.590. The summed E-state index contributed by atoms with van der Waals surface area (Å²) in [4.78, 5) is 19.5. The van der Waals surface area contributed by atoms with Crippen molar-refractivity contribution >= 4 is 28.9 Å². The summed E-state index contributed by atoms with van der Waals surface area (Å²) in [6.07, 6.45) is 1.79. The van der Waals surface area contributed by atoms with Crippen LogP contribution in [0.1, 0.15) is 24.6 Å². The number of ether oxygens (including phenoxy) is 1. The number of rotatable bonds is 4. The molecule has 4 rings (SSSR count). The van der Waals surface area contributed by atoms with E-state index in [9.17, 15) is 4.79 Å². The zero-order valence-electron chi connectivity index (χ0n) is 15.9. The second-order valence-electron chi connectivity index (χ2n) is 7.28. The third-order valence-corrected chi connectivity index (χ3v) is 5.72. The minimum atomic E-state index is -0.145. The Morgan fingerprint density at radius 1 is 1.15 bits per heavy atom. The molecule has 5 nitrogen and oxygen atoms in total. The summed E-state index contributed by atoms with van der Waals surface area (Å²) in [6, 6.07) is 13.8. The van der Waals surface area contributed by atoms with Crippen molar-refractivity contribution in [2.45, 2.75) is 25.0 Å². The highest BCUT2D eigenvalue weighted by Gasteiger charge is 2.50. The summed E-state index contributed by atoms with van der Waals surface area (Å²) in [7, 11) is 5.66. The van der Waals surface area contributed by atoms with Crippen molar-refractivity contribution < 1.29 is 9.53 Å². The van der Waals surface area contributed by atoms with E-state index in [0.717, 1.165) is 36.3 Å². The van der Waals surface area contributed by atoms with Gasteiger partial charge in [-0.2, -0.15) is 0 Å². The van der Waals surface area contributed by atoms with Crippen molar-refractivity contribution in [3.63, 3.8) is 0 Å². The molecule has 0 aromatic heterocycles. The second kappa shape index (κ2) is 7.06. The van der Waals surface area contributed by atoms with E-state index in [4.69, 9.17) is 16.3 Å². The number of nitrogens with zero attached hydrogens (tertiary/aromatic N) is 3. The fourth-order valence-corrected chi connectivity index (χ4v) is 4.33. The zero-order chi connectivity index (χ0) is 19.1. The molecule has 2 fully saturated rings. The Morgan fingerprint density at radius 3 is 2.56 bits per heavy atom. The largest absolute Gasteiger partial charge is 0.495 e. The molecule has 142 valence electrons. The van der Waals surface area contributed by atoms with Crippen LogP contribution in [0.2, 0.25) is 5.02 Å². The number of hydrogen-bond donors (Lipinski definition) is 0. The standard InChI is InChI=1S/C21H24ClN3O2/c1-23(2)16-9-6-14(7-10-16)20-24-12-4-5-17(24)21(26)25(20)18-13-15(22)8-11-19(18)27-3/h6-11,13,17,20H,4-5,12H2,1-3H3. The first-order valence-electron chi connectivity index (χ1n) is 9.21. The van der Waals surface area contributed by atoms with Crippen LogP contribution in [0.25, 0.3) is 0 Å². The predicted molar refractivity (Wildman–Crippen MR) is 109 cm³/mol. The van der Waals surface area contributed by atoms with Gasteiger partial charge in [-0.25, -0.2) is 0 Å². The third kappa shape index (κ3) is 3.05. The normalized spacial score (nSPS) is 22.2. The van der Waals surface area contributed by atoms with Gasteiger partial charge in [0.15, 0.2) is 0 Å². The van der Waals surface area contributed by atoms with Gasteiger partial charge in [0.1, 0.15) is 11.9 Å². The van der Waals surface area contributed by atoms with E-state index in [1.165, 1.54) is 0 Å². The van der Waals surface area contributed by atoms with Crippen molar-refractivity contribution in [1.82, 2.24) is 4.90 Å². The van der Waals surface area contributed by atoms with Crippen LogP contribution >= 0.6 is 11.6 Å². The molecular formula is C21H24ClN3O2. The maximum Gasteiger partial charge on any atom is 0.246 e. The Labute approximate surface area is 165 Å². The molecule has 2 atom stereocenters. The predicted octanol–water partition coefficient (Wildman–Crippen LogP) is 3.92. The van der Waals surface area contributed by atoms with E-state index < -0.39 is 0 Å². The van der Waals surface area contributed by atoms with Crippen LogP contribution in [0.4, 0.5) is 11.4 Å². The van der Waals surface area contributed by atoms with E-state index in [0.29, 0.717) is 10.8 Å². The van der Waals surface area contributed by atoms with Gasteiger partial charge in [0.25, 0.3) is 0 Å². The third-order valence-electron chi connectivity index (χ3n) is 5.48. The van der Waals surface area contributed by atoms with Gasteiger partial charge in [-0.1, -0.05) is 23.7 Å². The lowest BCUT2D eigenvalue weighted by Gasteiger charge is -2.31. The molecule has 0 N–H and O–H groups in total. The number of carbonyl (C=O) groups is 1. The fourth-order valence-electron chi connectivity index (χ4n) is 4.16. The Bertz CT molecular complexity index is 853. The highest BCUT2D eigenvalue weighted by molar-refractivity contribution is 6.31. The smallest absolute Gasteiger partial charge is 0.246 e. The van der Waals surface area contributed by atoms with Crippen molar-refractivity contribution in [3.05, 3.63) is 53.1 Å². The lowest BCUT2D eigenvalue weighted by Crippen LogP contribution is -2.32. The average molecular weight is 386 g/mol. The molecule has 6 heteroatoms. The topological polar surface area (TPSA) is 36.0 Å². The Balaban J connectivity index is 1.81. The van der Waals surface area contributed by atoms with E-state index in [2.05, 4.69) is 34.1 Å². The van der Waals surface area contributed by atoms with Gasteiger partial charge in [-0.15, -0.1) is 0 Å². The van der Waals surface area contributed by atoms with Crippen LogP contribution in [-0.2, 0) is 4.79 Å². The van der Waals surface area contributed by atoms with E-state index in [1.807, 2.05) is 31.1 Å². The van der Waals surface area contributed by atoms with Gasteiger partial charge in [0, 0.05) is 31.4 Å². The molecule has 2 heterocycles. The minimum Gasteiger partial charge on any atom is -0.495 e. The van der Waals surface area contributed by atoms with E-state index >= 15 is 0 Å². The van der Waals surface area contributed by atoms with Gasteiger partial charge in [-0.05, 0) is 48.7 Å². The highest BCUT2D eigenvalue weighted by atomic mass is 35.5. The zero-order valence-corrected chi connectivity index (χ0v) is 16.6. The monoisotopic (exact) mass is 385 g/mol. The van der Waals surface area contributed by atoms with Crippen LogP contribution in [0.5, 0.6) is 5.75 Å². The van der Waals surface area contributed by atoms with Gasteiger partial charge in [0.2, 0.25) is 5.91 Å². The summed E-state index contributed by atoms with van der Waals surface area (Å²) < 4.78 is 5.54. The summed E-state index contributed by atoms with van der Waals surface area (Å²) >= 11 is 6.26. The number of benzene rings is 2. The van der Waals surface area contributed by atoms with Gasteiger partial charge >= 0.3 is 0 Å². The number of methoxy groups -OCH3 is 1. The molecule has 2 unspecified atom stereocenters. The van der Waals surface area contributed by atoms with E-state index in [-0.39, 0.29) is 18.1 Å². The summed E-state index contributed by atoms with van der Waals surface area (Å²) in [6.45, 7) is 0.913. The highest BCUT2D eigenvalue weighted by Crippen LogP contribution is 2.45. The maximum atomic E-state index is 13.3. The van der Waals surface area contributed by atoms with Crippen LogP contribution in [0, 0.1) is 0 Å². The number of hydrogen-bond acceptors (Lipinski definition) is 4. The quantitative estimate of drug-likeness (QED) is 0.799. The molecule has 2 aromatic rings. The first-order valence-corrected chi connectivity index (χ1v) is 9.58. The number of fused-ring (bicyclic) bond motifs is 1. The maximum absolute atomic E-state index is 13.3. The van der Waals surface area contributed by atoms with Crippen LogP contribution < -0.4 is 14.5 Å². The molecule has 2 saturated heterocycles. The lowest BCUT2D eigenvalue weighted by molar-refractivity contribution is -0.119. The Morgan fingerprint density at radius 2 is 1.89 bits per heavy atom. The van der Waals surface area contributed by atoms with Crippen LogP contribution in [0.15, 0.2) is 42.5 Å². The Kier molecular flexibility index (Phi) is 4.74. The second-order valence-corrected chi connectivity index (χ2v) is 7.72. The molecular weight excluding hydrogens is 362 g/mol. The number of anilines is 2. The van der Waals surface area contributed by atoms with Gasteiger partial charge < -0.3 is 9.64 Å². The average Bonchev–Trinajstić information content (AvgIpc) is 3.24. The van der Waals surface area contributed by atoms with Crippen molar-refractivity contribution in [2.75, 3.05) is 37.5 Å². The van der Waals surface area contributed by atoms with Crippen molar-refractivity contribution in [3.8, 4) is 5.75 Å². The fraction of sp³-hybridized carbons (Fsp3) is 0.381. The SMILES string of the molecule is COc1ccc(Cl)cc1N1C(=O)C2CCCN2C1c1ccc(N(C)C)cc1. The molecule has 2 aliphatic rings. The number of halogens is 1. The lowest BCUT2D eigenvalue weighted by atomic mass is 10.1. The molecule has 27 heavy (non-hydrogen) atoms. The first-order chi connectivity index (χ1) is 13.0. The first kappa shape index (κ1) is 18.1. The molecule has 0 spiro atoms. The van der Waals surface area contributed by atoms with Gasteiger partial charge in [-0.3, -0.25) is 14.6 Å². The van der Waals surface area contributed by atoms with Gasteiger partial charge in [0.05, 0.1) is 18.8 Å².